The molecule has 0 fully saturated rings. The van der Waals surface area contributed by atoms with E-state index in [2.05, 4.69) is 16.0 Å². The second kappa shape index (κ2) is 5.44. The number of benzene rings is 1. The highest BCUT2D eigenvalue weighted by Crippen LogP contribution is 2.29. The summed E-state index contributed by atoms with van der Waals surface area (Å²) in [6, 6.07) is 8.05. The van der Waals surface area contributed by atoms with E-state index < -0.39 is 0 Å². The predicted octanol–water partition coefficient (Wildman–Crippen LogP) is 3.90. The molecular weight excluding hydrogens is 274 g/mol. The highest BCUT2D eigenvalue weighted by molar-refractivity contribution is 5.80. The Morgan fingerprint density at radius 3 is 3.05 bits per heavy atom. The summed E-state index contributed by atoms with van der Waals surface area (Å²) in [6.45, 7) is 2.66. The smallest absolute Gasteiger partial charge is 0.156 e. The van der Waals surface area contributed by atoms with Crippen LogP contribution in [0.15, 0.2) is 30.5 Å². The lowest BCUT2D eigenvalue weighted by atomic mass is 9.97. The molecule has 0 spiro atoms. The summed E-state index contributed by atoms with van der Waals surface area (Å²) in [6.07, 6.45) is 6.55. The first-order valence-electron chi connectivity index (χ1n) is 7.95. The molecule has 1 aromatic carbocycles. The lowest BCUT2D eigenvalue weighted by Gasteiger charge is -2.10. The van der Waals surface area contributed by atoms with Crippen molar-refractivity contribution >= 4 is 11.2 Å². The Balaban J connectivity index is 1.80. The normalized spacial score (nSPS) is 14.0. The summed E-state index contributed by atoms with van der Waals surface area (Å²) < 4.78 is 5.58. The van der Waals surface area contributed by atoms with E-state index in [1.54, 1.807) is 0 Å². The van der Waals surface area contributed by atoms with Gasteiger partial charge in [0.05, 0.1) is 18.5 Å². The number of ether oxygens (including phenoxy) is 1. The standard InChI is InChI=1S/C18H19N3O/c1-2-22-13-7-5-6-12(10-13)16-11-19-18-17(20-16)14-8-3-4-9-15(14)21-18/h5-7,10-11H,2-4,8-9H2,1H3,(H,19,21). The molecule has 2 heterocycles. The molecule has 0 saturated carbocycles. The minimum absolute atomic E-state index is 0.666. The fourth-order valence-corrected chi connectivity index (χ4v) is 3.19. The minimum atomic E-state index is 0.666. The number of rotatable bonds is 3. The molecule has 22 heavy (non-hydrogen) atoms. The maximum atomic E-state index is 5.58. The van der Waals surface area contributed by atoms with Crippen molar-refractivity contribution in [1.82, 2.24) is 15.0 Å². The van der Waals surface area contributed by atoms with Crippen LogP contribution in [0.2, 0.25) is 0 Å². The van der Waals surface area contributed by atoms with Crippen molar-refractivity contribution in [2.45, 2.75) is 32.6 Å². The summed E-state index contributed by atoms with van der Waals surface area (Å²) >= 11 is 0. The van der Waals surface area contributed by atoms with Crippen LogP contribution in [-0.4, -0.2) is 21.6 Å². The van der Waals surface area contributed by atoms with Crippen LogP contribution in [0, 0.1) is 0 Å². The molecule has 4 nitrogen and oxygen atoms in total. The van der Waals surface area contributed by atoms with Gasteiger partial charge in [0.2, 0.25) is 0 Å². The number of hydrogen-bond donors (Lipinski definition) is 1. The van der Waals surface area contributed by atoms with Gasteiger partial charge in [-0.1, -0.05) is 12.1 Å². The number of nitrogens with one attached hydrogen (secondary N) is 1. The molecule has 4 heteroatoms. The molecule has 2 aromatic heterocycles. The Bertz CT molecular complexity index is 822. The van der Waals surface area contributed by atoms with Gasteiger partial charge in [-0.05, 0) is 44.7 Å². The first kappa shape index (κ1) is 13.3. The molecule has 0 atom stereocenters. The molecular formula is C18H19N3O. The SMILES string of the molecule is CCOc1cccc(-c2cnc3[nH]c4c(c3n2)CCCC4)c1. The zero-order valence-corrected chi connectivity index (χ0v) is 12.7. The number of fused-ring (bicyclic) bond motifs is 3. The second-order valence-corrected chi connectivity index (χ2v) is 5.70. The van der Waals surface area contributed by atoms with Gasteiger partial charge >= 0.3 is 0 Å². The molecule has 0 aliphatic heterocycles. The topological polar surface area (TPSA) is 50.8 Å². The Hall–Kier alpha value is -2.36. The van der Waals surface area contributed by atoms with Crippen molar-refractivity contribution in [3.63, 3.8) is 0 Å². The van der Waals surface area contributed by atoms with Gasteiger partial charge in [0.15, 0.2) is 5.65 Å². The van der Waals surface area contributed by atoms with Gasteiger partial charge in [0.25, 0.3) is 0 Å². The van der Waals surface area contributed by atoms with E-state index in [0.717, 1.165) is 41.0 Å². The predicted molar refractivity (Wildman–Crippen MR) is 87.1 cm³/mol. The van der Waals surface area contributed by atoms with Gasteiger partial charge in [0, 0.05) is 16.8 Å². The van der Waals surface area contributed by atoms with Crippen molar-refractivity contribution in [1.29, 1.82) is 0 Å². The highest BCUT2D eigenvalue weighted by Gasteiger charge is 2.17. The van der Waals surface area contributed by atoms with E-state index in [4.69, 9.17) is 9.72 Å². The number of H-pyrrole nitrogens is 1. The molecule has 3 aromatic rings. The van der Waals surface area contributed by atoms with Crippen LogP contribution in [0.25, 0.3) is 22.4 Å². The van der Waals surface area contributed by atoms with Crippen LogP contribution >= 0.6 is 0 Å². The van der Waals surface area contributed by atoms with Crippen LogP contribution < -0.4 is 4.74 Å². The van der Waals surface area contributed by atoms with Crippen molar-refractivity contribution in [3.8, 4) is 17.0 Å². The summed E-state index contributed by atoms with van der Waals surface area (Å²) in [5.74, 6) is 0.873. The van der Waals surface area contributed by atoms with E-state index in [1.807, 2.05) is 31.3 Å². The first-order chi connectivity index (χ1) is 10.8. The van der Waals surface area contributed by atoms with Crippen LogP contribution in [0.3, 0.4) is 0 Å². The van der Waals surface area contributed by atoms with E-state index in [9.17, 15) is 0 Å². The lowest BCUT2D eigenvalue weighted by Crippen LogP contribution is -2.00. The van der Waals surface area contributed by atoms with E-state index in [0.29, 0.717) is 6.61 Å². The number of nitrogens with zero attached hydrogens (tertiary/aromatic N) is 2. The lowest BCUT2D eigenvalue weighted by molar-refractivity contribution is 0.340. The highest BCUT2D eigenvalue weighted by atomic mass is 16.5. The molecule has 4 rings (SSSR count). The van der Waals surface area contributed by atoms with Crippen LogP contribution in [-0.2, 0) is 12.8 Å². The molecule has 0 saturated heterocycles. The molecule has 1 aliphatic carbocycles. The molecule has 0 amide bonds. The van der Waals surface area contributed by atoms with Crippen LogP contribution in [0.5, 0.6) is 5.75 Å². The van der Waals surface area contributed by atoms with Crippen molar-refractivity contribution in [3.05, 3.63) is 41.7 Å². The molecule has 1 N–H and O–H groups in total. The summed E-state index contributed by atoms with van der Waals surface area (Å²) in [7, 11) is 0. The largest absolute Gasteiger partial charge is 0.494 e. The molecule has 1 aliphatic rings. The monoisotopic (exact) mass is 293 g/mol. The van der Waals surface area contributed by atoms with Gasteiger partial charge in [0.1, 0.15) is 11.3 Å². The zero-order chi connectivity index (χ0) is 14.9. The fourth-order valence-electron chi connectivity index (χ4n) is 3.19. The summed E-state index contributed by atoms with van der Waals surface area (Å²) in [5.41, 5.74) is 6.58. The molecule has 0 unspecified atom stereocenters. The Labute approximate surface area is 129 Å². The quantitative estimate of drug-likeness (QED) is 0.796. The van der Waals surface area contributed by atoms with E-state index in [-0.39, 0.29) is 0 Å². The maximum absolute atomic E-state index is 5.58. The third-order valence-corrected chi connectivity index (χ3v) is 4.24. The zero-order valence-electron chi connectivity index (χ0n) is 12.7. The number of aromatic amines is 1. The van der Waals surface area contributed by atoms with Gasteiger partial charge in [-0.2, -0.15) is 0 Å². The molecule has 0 bridgehead atoms. The Morgan fingerprint density at radius 2 is 2.14 bits per heavy atom. The van der Waals surface area contributed by atoms with Crippen molar-refractivity contribution in [2.75, 3.05) is 6.61 Å². The average Bonchev–Trinajstić information content (AvgIpc) is 2.93. The number of aromatic nitrogens is 3. The average molecular weight is 293 g/mol. The minimum Gasteiger partial charge on any atom is -0.494 e. The first-order valence-corrected chi connectivity index (χ1v) is 7.95. The van der Waals surface area contributed by atoms with Crippen molar-refractivity contribution < 1.29 is 4.74 Å². The van der Waals surface area contributed by atoms with Gasteiger partial charge in [-0.3, -0.25) is 0 Å². The van der Waals surface area contributed by atoms with Gasteiger partial charge in [-0.25, -0.2) is 9.97 Å². The van der Waals surface area contributed by atoms with E-state index >= 15 is 0 Å². The summed E-state index contributed by atoms with van der Waals surface area (Å²) in [4.78, 5) is 12.9. The van der Waals surface area contributed by atoms with Gasteiger partial charge in [-0.15, -0.1) is 0 Å². The maximum Gasteiger partial charge on any atom is 0.156 e. The Morgan fingerprint density at radius 1 is 1.23 bits per heavy atom. The van der Waals surface area contributed by atoms with Crippen molar-refractivity contribution in [2.24, 2.45) is 0 Å². The number of hydrogen-bond acceptors (Lipinski definition) is 3. The third kappa shape index (κ3) is 2.25. The second-order valence-electron chi connectivity index (χ2n) is 5.70. The summed E-state index contributed by atoms with van der Waals surface area (Å²) in [5, 5.41) is 0. The Kier molecular flexibility index (Phi) is 3.29. The number of aryl methyl sites for hydroxylation is 2. The van der Waals surface area contributed by atoms with Crippen LogP contribution in [0.4, 0.5) is 0 Å². The third-order valence-electron chi connectivity index (χ3n) is 4.24. The van der Waals surface area contributed by atoms with Gasteiger partial charge < -0.3 is 9.72 Å². The molecule has 112 valence electrons. The van der Waals surface area contributed by atoms with Crippen LogP contribution in [0.1, 0.15) is 31.0 Å². The molecule has 0 radical (unpaired) electrons. The van der Waals surface area contributed by atoms with E-state index in [1.165, 1.54) is 24.1 Å². The fraction of sp³-hybridized carbons (Fsp3) is 0.333.